The second-order valence-electron chi connectivity index (χ2n) is 1.85. The number of hydrogen-bond acceptors (Lipinski definition) is 3. The van der Waals surface area contributed by atoms with Crippen molar-refractivity contribution in [3.8, 4) is 0 Å². The van der Waals surface area contributed by atoms with E-state index in [4.69, 9.17) is 4.74 Å². The number of hydrogen-bond donors (Lipinski definition) is 0. The lowest BCUT2D eigenvalue weighted by atomic mass is 10.3. The van der Waals surface area contributed by atoms with Crippen molar-refractivity contribution in [2.45, 2.75) is 13.3 Å². The SMILES string of the molecule is C[CH]OCCc1ccon1. The Bertz CT molecular complexity index is 160. The Labute approximate surface area is 60.0 Å². The molecule has 1 rings (SSSR count). The van der Waals surface area contributed by atoms with Crippen molar-refractivity contribution in [3.05, 3.63) is 24.6 Å². The monoisotopic (exact) mass is 140 g/mol. The third kappa shape index (κ3) is 2.19. The standard InChI is InChI=1S/C7H10NO2/c1-2-9-5-3-7-4-6-10-8-7/h2,4,6H,3,5H2,1H3. The molecule has 0 atom stereocenters. The smallest absolute Gasteiger partial charge is 0.124 e. The van der Waals surface area contributed by atoms with Gasteiger partial charge in [0.2, 0.25) is 0 Å². The van der Waals surface area contributed by atoms with Gasteiger partial charge >= 0.3 is 0 Å². The highest BCUT2D eigenvalue weighted by Crippen LogP contribution is 1.95. The summed E-state index contributed by atoms with van der Waals surface area (Å²) in [6.07, 6.45) is 2.37. The van der Waals surface area contributed by atoms with E-state index in [-0.39, 0.29) is 0 Å². The van der Waals surface area contributed by atoms with Crippen LogP contribution in [-0.4, -0.2) is 11.8 Å². The van der Waals surface area contributed by atoms with Gasteiger partial charge in [-0.3, -0.25) is 0 Å². The zero-order valence-corrected chi connectivity index (χ0v) is 5.91. The molecule has 0 spiro atoms. The first-order chi connectivity index (χ1) is 4.93. The first-order valence-electron chi connectivity index (χ1n) is 3.22. The van der Waals surface area contributed by atoms with E-state index in [1.807, 2.05) is 13.0 Å². The molecule has 10 heavy (non-hydrogen) atoms. The zero-order chi connectivity index (χ0) is 7.23. The fraction of sp³-hybridized carbons (Fsp3) is 0.429. The molecule has 1 aromatic heterocycles. The molecule has 0 saturated heterocycles. The highest BCUT2D eigenvalue weighted by Gasteiger charge is 1.94. The summed E-state index contributed by atoms with van der Waals surface area (Å²) in [6, 6.07) is 1.83. The van der Waals surface area contributed by atoms with E-state index in [1.54, 1.807) is 12.9 Å². The molecular weight excluding hydrogens is 130 g/mol. The molecule has 0 aromatic carbocycles. The summed E-state index contributed by atoms with van der Waals surface area (Å²) in [5.74, 6) is 0. The number of rotatable bonds is 4. The van der Waals surface area contributed by atoms with Gasteiger partial charge in [0.05, 0.1) is 18.9 Å². The van der Waals surface area contributed by atoms with Crippen LogP contribution >= 0.6 is 0 Å². The molecule has 3 nitrogen and oxygen atoms in total. The van der Waals surface area contributed by atoms with Crippen LogP contribution < -0.4 is 0 Å². The van der Waals surface area contributed by atoms with E-state index in [9.17, 15) is 0 Å². The molecule has 1 radical (unpaired) electrons. The minimum Gasteiger partial charge on any atom is -0.375 e. The summed E-state index contributed by atoms with van der Waals surface area (Å²) < 4.78 is 9.63. The fourth-order valence-electron chi connectivity index (χ4n) is 0.648. The lowest BCUT2D eigenvalue weighted by molar-refractivity contribution is 0.206. The summed E-state index contributed by atoms with van der Waals surface area (Å²) >= 11 is 0. The summed E-state index contributed by atoms with van der Waals surface area (Å²) in [7, 11) is 0. The lowest BCUT2D eigenvalue weighted by Crippen LogP contribution is -1.94. The van der Waals surface area contributed by atoms with Crippen LogP contribution in [0.5, 0.6) is 0 Å². The molecule has 0 fully saturated rings. The first kappa shape index (κ1) is 7.28. The van der Waals surface area contributed by atoms with Crippen LogP contribution in [0.3, 0.4) is 0 Å². The maximum Gasteiger partial charge on any atom is 0.124 e. The summed E-state index contributed by atoms with van der Waals surface area (Å²) in [4.78, 5) is 0. The highest BCUT2D eigenvalue weighted by molar-refractivity contribution is 4.94. The van der Waals surface area contributed by atoms with Crippen molar-refractivity contribution < 1.29 is 9.26 Å². The predicted octanol–water partition coefficient (Wildman–Crippen LogP) is 1.42. The molecule has 0 unspecified atom stereocenters. The van der Waals surface area contributed by atoms with Crippen LogP contribution in [0.4, 0.5) is 0 Å². The Morgan fingerprint density at radius 3 is 3.30 bits per heavy atom. The zero-order valence-electron chi connectivity index (χ0n) is 5.91. The highest BCUT2D eigenvalue weighted by atomic mass is 16.5. The van der Waals surface area contributed by atoms with E-state index < -0.39 is 0 Å². The van der Waals surface area contributed by atoms with Gasteiger partial charge in [-0.25, -0.2) is 0 Å². The normalized spacial score (nSPS) is 10.1. The molecule has 55 valence electrons. The first-order valence-corrected chi connectivity index (χ1v) is 3.22. The van der Waals surface area contributed by atoms with Crippen LogP contribution in [0, 0.1) is 6.61 Å². The van der Waals surface area contributed by atoms with E-state index >= 15 is 0 Å². The molecule has 1 aromatic rings. The quantitative estimate of drug-likeness (QED) is 0.593. The van der Waals surface area contributed by atoms with Gasteiger partial charge in [-0.15, -0.1) is 0 Å². The second kappa shape index (κ2) is 4.06. The van der Waals surface area contributed by atoms with Crippen LogP contribution in [0.2, 0.25) is 0 Å². The average molecular weight is 140 g/mol. The van der Waals surface area contributed by atoms with Gasteiger partial charge in [0, 0.05) is 12.5 Å². The largest absolute Gasteiger partial charge is 0.375 e. The maximum absolute atomic E-state index is 5.00. The van der Waals surface area contributed by atoms with E-state index in [0.29, 0.717) is 6.61 Å². The number of nitrogens with zero attached hydrogens (tertiary/aromatic N) is 1. The number of aromatic nitrogens is 1. The lowest BCUT2D eigenvalue weighted by Gasteiger charge is -1.94. The van der Waals surface area contributed by atoms with Crippen molar-refractivity contribution in [3.63, 3.8) is 0 Å². The Hall–Kier alpha value is -0.830. The van der Waals surface area contributed by atoms with E-state index in [2.05, 4.69) is 9.68 Å². The van der Waals surface area contributed by atoms with Crippen molar-refractivity contribution in [1.82, 2.24) is 5.16 Å². The maximum atomic E-state index is 5.00. The molecule has 0 aliphatic rings. The molecular formula is C7H10NO2. The van der Waals surface area contributed by atoms with Gasteiger partial charge < -0.3 is 9.26 Å². The minimum atomic E-state index is 0.670. The van der Waals surface area contributed by atoms with E-state index in [0.717, 1.165) is 12.1 Å². The van der Waals surface area contributed by atoms with Crippen molar-refractivity contribution in [2.24, 2.45) is 0 Å². The number of ether oxygens (including phenoxy) is 1. The molecule has 0 saturated carbocycles. The van der Waals surface area contributed by atoms with Crippen molar-refractivity contribution >= 4 is 0 Å². The van der Waals surface area contributed by atoms with Crippen LogP contribution in [0.1, 0.15) is 12.6 Å². The van der Waals surface area contributed by atoms with Crippen molar-refractivity contribution in [2.75, 3.05) is 6.61 Å². The summed E-state index contributed by atoms with van der Waals surface area (Å²) in [5.41, 5.74) is 0.932. The molecule has 0 N–H and O–H groups in total. The van der Waals surface area contributed by atoms with Gasteiger partial charge in [0.25, 0.3) is 0 Å². The second-order valence-corrected chi connectivity index (χ2v) is 1.85. The van der Waals surface area contributed by atoms with Crippen molar-refractivity contribution in [1.29, 1.82) is 0 Å². The average Bonchev–Trinajstić information content (AvgIpc) is 2.41. The summed E-state index contributed by atoms with van der Waals surface area (Å²) in [5, 5.41) is 3.72. The molecule has 1 heterocycles. The predicted molar refractivity (Wildman–Crippen MR) is 36.1 cm³/mol. The van der Waals surface area contributed by atoms with Gasteiger partial charge in [-0.05, 0) is 6.92 Å². The molecule has 0 aliphatic heterocycles. The van der Waals surface area contributed by atoms with Gasteiger partial charge in [-0.1, -0.05) is 5.16 Å². The van der Waals surface area contributed by atoms with Crippen LogP contribution in [-0.2, 0) is 11.2 Å². The topological polar surface area (TPSA) is 35.3 Å². The third-order valence-electron chi connectivity index (χ3n) is 1.13. The molecule has 0 amide bonds. The van der Waals surface area contributed by atoms with Crippen LogP contribution in [0.25, 0.3) is 0 Å². The molecule has 3 heteroatoms. The van der Waals surface area contributed by atoms with Gasteiger partial charge in [0.15, 0.2) is 0 Å². The Morgan fingerprint density at radius 2 is 2.70 bits per heavy atom. The minimum absolute atomic E-state index is 0.670. The van der Waals surface area contributed by atoms with Gasteiger partial charge in [0.1, 0.15) is 6.26 Å². The fourth-order valence-corrected chi connectivity index (χ4v) is 0.648. The Morgan fingerprint density at radius 1 is 1.80 bits per heavy atom. The van der Waals surface area contributed by atoms with Gasteiger partial charge in [-0.2, -0.15) is 0 Å². The van der Waals surface area contributed by atoms with Crippen LogP contribution in [0.15, 0.2) is 16.9 Å². The Balaban J connectivity index is 2.15. The summed E-state index contributed by atoms with van der Waals surface area (Å²) in [6.45, 7) is 4.19. The van der Waals surface area contributed by atoms with E-state index in [1.165, 1.54) is 0 Å². The molecule has 0 bridgehead atoms. The Kier molecular flexibility index (Phi) is 2.96. The third-order valence-corrected chi connectivity index (χ3v) is 1.13. The molecule has 0 aliphatic carbocycles.